The minimum Gasteiger partial charge on any atom is -0.505 e. The summed E-state index contributed by atoms with van der Waals surface area (Å²) in [6.45, 7) is 0. The van der Waals surface area contributed by atoms with Gasteiger partial charge in [-0.25, -0.2) is 5.43 Å². The van der Waals surface area contributed by atoms with Gasteiger partial charge in [-0.2, -0.15) is 0 Å². The van der Waals surface area contributed by atoms with E-state index in [2.05, 4.69) is 10.5 Å². The number of aromatic hydroxyl groups is 1. The molecule has 9 heteroatoms. The molecule has 0 spiro atoms. The van der Waals surface area contributed by atoms with Gasteiger partial charge in [0.05, 0.1) is 6.26 Å². The second-order valence-corrected chi connectivity index (χ2v) is 5.07. The van der Waals surface area contributed by atoms with Crippen LogP contribution in [0.5, 0.6) is 11.5 Å². The topological polar surface area (TPSA) is 84.1 Å². The second kappa shape index (κ2) is 5.14. The lowest BCUT2D eigenvalue weighted by atomic mass is 10.1. The molecule has 0 fully saturated rings. The first-order valence-corrected chi connectivity index (χ1v) is 6.63. The van der Waals surface area contributed by atoms with E-state index in [0.29, 0.717) is 0 Å². The monoisotopic (exact) mass is 346 g/mol. The summed E-state index contributed by atoms with van der Waals surface area (Å²) in [6.07, 6.45) is 1.41. The largest absolute Gasteiger partial charge is 0.505 e. The fourth-order valence-electron chi connectivity index (χ4n) is 1.71. The number of benzene rings is 1. The van der Waals surface area contributed by atoms with Crippen molar-refractivity contribution in [3.63, 3.8) is 0 Å². The van der Waals surface area contributed by atoms with Gasteiger partial charge in [-0.3, -0.25) is 4.79 Å². The first-order valence-electron chi connectivity index (χ1n) is 5.50. The van der Waals surface area contributed by atoms with E-state index in [1.807, 2.05) is 0 Å². The molecule has 0 aliphatic carbocycles. The SMILES string of the molecule is O=C1NN=C(c2ccco2)Oc2c(Cl)c(Cl)c(O)c(Cl)c21. The predicted molar refractivity (Wildman–Crippen MR) is 76.5 cm³/mol. The van der Waals surface area contributed by atoms with E-state index >= 15 is 0 Å². The zero-order valence-corrected chi connectivity index (χ0v) is 12.3. The number of fused-ring (bicyclic) bond motifs is 1. The van der Waals surface area contributed by atoms with E-state index in [1.54, 1.807) is 12.1 Å². The first kappa shape index (κ1) is 14.1. The number of furan rings is 1. The summed E-state index contributed by atoms with van der Waals surface area (Å²) in [7, 11) is 0. The number of amides is 1. The highest BCUT2D eigenvalue weighted by Gasteiger charge is 2.30. The second-order valence-electron chi connectivity index (χ2n) is 3.93. The van der Waals surface area contributed by atoms with Gasteiger partial charge < -0.3 is 14.3 Å². The highest BCUT2D eigenvalue weighted by Crippen LogP contribution is 2.47. The average Bonchev–Trinajstić information content (AvgIpc) is 2.94. The highest BCUT2D eigenvalue weighted by atomic mass is 35.5. The molecule has 21 heavy (non-hydrogen) atoms. The summed E-state index contributed by atoms with van der Waals surface area (Å²) in [5.41, 5.74) is 2.05. The van der Waals surface area contributed by atoms with Crippen molar-refractivity contribution in [2.24, 2.45) is 5.10 Å². The Morgan fingerprint density at radius 1 is 1.19 bits per heavy atom. The van der Waals surface area contributed by atoms with Crippen LogP contribution in [0.2, 0.25) is 15.1 Å². The van der Waals surface area contributed by atoms with Gasteiger partial charge in [0.1, 0.15) is 20.6 Å². The normalized spacial score (nSPS) is 13.9. The van der Waals surface area contributed by atoms with Crippen LogP contribution in [0.1, 0.15) is 16.1 Å². The summed E-state index contributed by atoms with van der Waals surface area (Å²) in [6, 6.07) is 3.20. The third-order valence-corrected chi connectivity index (χ3v) is 3.86. The van der Waals surface area contributed by atoms with Crippen molar-refractivity contribution in [2.75, 3.05) is 0 Å². The minimum absolute atomic E-state index is 0.0353. The molecule has 0 atom stereocenters. The van der Waals surface area contributed by atoms with Crippen LogP contribution in [0.25, 0.3) is 0 Å². The fourth-order valence-corrected chi connectivity index (χ4v) is 2.43. The number of halogens is 3. The van der Waals surface area contributed by atoms with Gasteiger partial charge in [-0.1, -0.05) is 34.8 Å². The number of nitrogens with one attached hydrogen (secondary N) is 1. The molecule has 1 aliphatic rings. The maximum absolute atomic E-state index is 12.0. The Labute approximate surface area is 132 Å². The molecule has 1 amide bonds. The summed E-state index contributed by atoms with van der Waals surface area (Å²) in [5, 5.41) is 12.9. The number of hydrazone groups is 1. The lowest BCUT2D eigenvalue weighted by Crippen LogP contribution is -2.17. The van der Waals surface area contributed by atoms with E-state index in [0.717, 1.165) is 0 Å². The zero-order chi connectivity index (χ0) is 15.1. The van der Waals surface area contributed by atoms with Crippen molar-refractivity contribution in [1.29, 1.82) is 0 Å². The average molecular weight is 348 g/mol. The highest BCUT2D eigenvalue weighted by molar-refractivity contribution is 6.47. The van der Waals surface area contributed by atoms with E-state index in [4.69, 9.17) is 44.0 Å². The first-order chi connectivity index (χ1) is 10.0. The van der Waals surface area contributed by atoms with Crippen LogP contribution in [-0.2, 0) is 0 Å². The Kier molecular flexibility index (Phi) is 3.44. The number of phenolic OH excluding ortho intramolecular Hbond substituents is 1. The third kappa shape index (κ3) is 2.21. The van der Waals surface area contributed by atoms with Crippen LogP contribution < -0.4 is 10.2 Å². The van der Waals surface area contributed by atoms with E-state index in [-0.39, 0.29) is 38.0 Å². The molecule has 0 bridgehead atoms. The molecular formula is C12H5Cl3N2O4. The molecule has 108 valence electrons. The van der Waals surface area contributed by atoms with E-state index in [1.165, 1.54) is 6.26 Å². The van der Waals surface area contributed by atoms with Gasteiger partial charge in [0, 0.05) is 0 Å². The molecule has 3 rings (SSSR count). The summed E-state index contributed by atoms with van der Waals surface area (Å²) < 4.78 is 10.6. The standard InChI is InChI=1S/C12H5Cl3N2O4/c13-6-5-10(8(15)7(14)9(6)18)21-12(17-16-11(5)19)4-2-1-3-20-4/h1-3,18H,(H,16,19). The van der Waals surface area contributed by atoms with Crippen molar-refractivity contribution < 1.29 is 19.1 Å². The van der Waals surface area contributed by atoms with Crippen LogP contribution in [0.15, 0.2) is 27.9 Å². The van der Waals surface area contributed by atoms with Crippen LogP contribution in [0.3, 0.4) is 0 Å². The zero-order valence-electron chi connectivity index (χ0n) is 9.99. The maximum Gasteiger partial charge on any atom is 0.280 e. The Morgan fingerprint density at radius 3 is 2.62 bits per heavy atom. The molecule has 0 saturated heterocycles. The van der Waals surface area contributed by atoms with Crippen molar-refractivity contribution in [3.05, 3.63) is 44.8 Å². The molecule has 1 aromatic carbocycles. The molecule has 2 heterocycles. The number of hydrogen-bond acceptors (Lipinski definition) is 5. The number of carbonyl (C=O) groups excluding carboxylic acids is 1. The van der Waals surface area contributed by atoms with Gasteiger partial charge in [-0.15, -0.1) is 5.10 Å². The number of ether oxygens (including phenoxy) is 1. The number of carbonyl (C=O) groups is 1. The van der Waals surface area contributed by atoms with Crippen LogP contribution in [0.4, 0.5) is 0 Å². The number of rotatable bonds is 1. The smallest absolute Gasteiger partial charge is 0.280 e. The Hall–Kier alpha value is -1.89. The number of hydrogen-bond donors (Lipinski definition) is 2. The quantitative estimate of drug-likeness (QED) is 0.774. The van der Waals surface area contributed by atoms with Gasteiger partial charge in [0.25, 0.3) is 11.8 Å². The van der Waals surface area contributed by atoms with Crippen molar-refractivity contribution >= 4 is 46.6 Å². The van der Waals surface area contributed by atoms with Crippen LogP contribution in [-0.4, -0.2) is 16.9 Å². The van der Waals surface area contributed by atoms with Crippen LogP contribution >= 0.6 is 34.8 Å². The van der Waals surface area contributed by atoms with Gasteiger partial charge >= 0.3 is 0 Å². The van der Waals surface area contributed by atoms with Crippen molar-refractivity contribution in [3.8, 4) is 11.5 Å². The number of nitrogens with zero attached hydrogens (tertiary/aromatic N) is 1. The maximum atomic E-state index is 12.0. The summed E-state index contributed by atoms with van der Waals surface area (Å²) >= 11 is 17.8. The minimum atomic E-state index is -0.703. The molecule has 1 aromatic heterocycles. The van der Waals surface area contributed by atoms with Crippen LogP contribution in [0, 0.1) is 0 Å². The third-order valence-electron chi connectivity index (χ3n) is 2.67. The fraction of sp³-hybridized carbons (Fsp3) is 0. The summed E-state index contributed by atoms with van der Waals surface area (Å²) in [4.78, 5) is 12.0. The molecule has 0 saturated carbocycles. The van der Waals surface area contributed by atoms with Gasteiger partial charge in [-0.05, 0) is 12.1 Å². The predicted octanol–water partition coefficient (Wildman–Crippen LogP) is 3.43. The Morgan fingerprint density at radius 2 is 1.95 bits per heavy atom. The van der Waals surface area contributed by atoms with E-state index in [9.17, 15) is 9.90 Å². The van der Waals surface area contributed by atoms with Crippen molar-refractivity contribution in [2.45, 2.75) is 0 Å². The van der Waals surface area contributed by atoms with Gasteiger partial charge in [0.2, 0.25) is 0 Å². The number of phenols is 1. The molecular weight excluding hydrogens is 343 g/mol. The molecule has 6 nitrogen and oxygen atoms in total. The Balaban J connectivity index is 2.21. The lowest BCUT2D eigenvalue weighted by Gasteiger charge is -2.12. The van der Waals surface area contributed by atoms with Gasteiger partial charge in [0.15, 0.2) is 17.3 Å². The lowest BCUT2D eigenvalue weighted by molar-refractivity contribution is 0.0955. The molecule has 0 radical (unpaired) electrons. The van der Waals surface area contributed by atoms with Crippen molar-refractivity contribution in [1.82, 2.24) is 5.43 Å². The molecule has 2 aromatic rings. The summed E-state index contributed by atoms with van der Waals surface area (Å²) in [5.74, 6) is -1.10. The molecule has 1 aliphatic heterocycles. The molecule has 0 unspecified atom stereocenters. The molecule has 2 N–H and O–H groups in total. The van der Waals surface area contributed by atoms with E-state index < -0.39 is 11.7 Å². The Bertz CT molecular complexity index is 772.